The number of ether oxygens (including phenoxy) is 2. The van der Waals surface area contributed by atoms with Crippen LogP contribution in [0.1, 0.15) is 64.2 Å². The summed E-state index contributed by atoms with van der Waals surface area (Å²) in [5.41, 5.74) is 7.64. The van der Waals surface area contributed by atoms with Crippen LogP contribution in [-0.2, 0) is 22.9 Å². The highest BCUT2D eigenvalue weighted by molar-refractivity contribution is 7.14. The van der Waals surface area contributed by atoms with E-state index < -0.39 is 22.1 Å². The summed E-state index contributed by atoms with van der Waals surface area (Å²) in [5.74, 6) is 0.255. The Morgan fingerprint density at radius 1 is 0.686 bits per heavy atom. The third kappa shape index (κ3) is 13.2. The third-order valence-electron chi connectivity index (χ3n) is 11.7. The number of nitrogens with zero attached hydrogens (tertiary/aromatic N) is 10. The Morgan fingerprint density at radius 3 is 1.61 bits per heavy atom. The summed E-state index contributed by atoms with van der Waals surface area (Å²) in [6.45, 7) is 20.2. The Labute approximate surface area is 417 Å². The van der Waals surface area contributed by atoms with E-state index in [2.05, 4.69) is 80.4 Å². The SMILES string of the molecule is Cc1cn2c(-c3cnn(COCC[Si](C)(C)C)c3)cnc2c(Nc2cc(C(=O)NC3CCCCC3)cs2)n1.Cc1cn2c(-c3cnn(COCC[Si](C)(C)C)c3)cnc2c(Nc2cc(C(=O)O)cs2)n1. The van der Waals surface area contributed by atoms with Gasteiger partial charge in [0.2, 0.25) is 0 Å². The minimum Gasteiger partial charge on any atom is -0.478 e. The number of aromatic carboxylic acids is 1. The highest BCUT2D eigenvalue weighted by atomic mass is 32.1. The average Bonchev–Trinajstić information content (AvgIpc) is 4.16. The number of imidazole rings is 2. The van der Waals surface area contributed by atoms with E-state index >= 15 is 0 Å². The number of carbonyl (C=O) groups is 2. The highest BCUT2D eigenvalue weighted by Crippen LogP contribution is 2.31. The molecule has 0 aliphatic heterocycles. The smallest absolute Gasteiger partial charge is 0.336 e. The molecule has 1 fully saturated rings. The predicted molar refractivity (Wildman–Crippen MR) is 283 cm³/mol. The first-order valence-electron chi connectivity index (χ1n) is 23.6. The Bertz CT molecular complexity index is 3060. The molecule has 370 valence electrons. The molecule has 18 nitrogen and oxygen atoms in total. The number of hydrogen-bond acceptors (Lipinski definition) is 14. The summed E-state index contributed by atoms with van der Waals surface area (Å²) >= 11 is 2.80. The number of fused-ring (bicyclic) bond motifs is 2. The molecule has 0 saturated heterocycles. The van der Waals surface area contributed by atoms with Crippen molar-refractivity contribution in [1.82, 2.24) is 53.6 Å². The number of amides is 1. The molecular weight excluding hydrogens is 959 g/mol. The van der Waals surface area contributed by atoms with Gasteiger partial charge in [0, 0.05) is 82.1 Å². The molecule has 0 atom stereocenters. The number of anilines is 4. The van der Waals surface area contributed by atoms with Crippen LogP contribution >= 0.6 is 22.7 Å². The molecule has 0 unspecified atom stereocenters. The van der Waals surface area contributed by atoms with Crippen LogP contribution in [-0.4, -0.2) is 101 Å². The molecule has 70 heavy (non-hydrogen) atoms. The Balaban J connectivity index is 0.000000191. The van der Waals surface area contributed by atoms with E-state index in [-0.39, 0.29) is 17.5 Å². The van der Waals surface area contributed by atoms with Crippen LogP contribution in [0, 0.1) is 13.8 Å². The van der Waals surface area contributed by atoms with E-state index in [4.69, 9.17) is 19.6 Å². The molecule has 8 aromatic heterocycles. The van der Waals surface area contributed by atoms with Crippen molar-refractivity contribution in [3.05, 3.63) is 95.0 Å². The predicted octanol–water partition coefficient (Wildman–Crippen LogP) is 10.8. The standard InChI is InChI=1S/C27H37N7O2SSi.C21H26N6O3SSi/c1-19-15-34-23(21-13-29-33(16-21)18-36-10-11-38(2,3)4)14-28-26(34)25(30-19)32-24-12-20(17-37-24)27(35)31-22-8-6-5-7-9-22;1-14-10-27-17(16-8-23-26(11-16)13-30-5-6-32(2,3)4)9-22-20(27)19(24-14)25-18-7-15(12-31-18)21(28)29/h12-17,22H,5-11,18H2,1-4H3,(H,30,32)(H,31,35);7-12H,5-6,13H2,1-4H3,(H,24,25)(H,28,29). The molecular formula is C48H63N13O5S2Si2. The van der Waals surface area contributed by atoms with Crippen molar-refractivity contribution >= 4 is 83.6 Å². The molecule has 1 amide bonds. The zero-order valence-electron chi connectivity index (χ0n) is 41.2. The van der Waals surface area contributed by atoms with Crippen LogP contribution in [0.5, 0.6) is 0 Å². The van der Waals surface area contributed by atoms with Crippen molar-refractivity contribution in [3.63, 3.8) is 0 Å². The molecule has 9 rings (SSSR count). The fourth-order valence-corrected chi connectivity index (χ4v) is 10.9. The molecule has 0 bridgehead atoms. The Morgan fingerprint density at radius 2 is 1.16 bits per heavy atom. The molecule has 4 N–H and O–H groups in total. The van der Waals surface area contributed by atoms with Crippen LogP contribution in [0.15, 0.2) is 72.5 Å². The van der Waals surface area contributed by atoms with Gasteiger partial charge in [0.05, 0.1) is 68.7 Å². The van der Waals surface area contributed by atoms with Gasteiger partial charge in [-0.15, -0.1) is 22.7 Å². The third-order valence-corrected chi connectivity index (χ3v) is 16.8. The van der Waals surface area contributed by atoms with E-state index in [1.54, 1.807) is 28.5 Å². The normalized spacial score (nSPS) is 13.4. The van der Waals surface area contributed by atoms with Crippen LogP contribution in [0.2, 0.25) is 51.4 Å². The van der Waals surface area contributed by atoms with E-state index in [9.17, 15) is 9.59 Å². The Kier molecular flexibility index (Phi) is 15.8. The summed E-state index contributed by atoms with van der Waals surface area (Å²) in [6.07, 6.45) is 20.9. The summed E-state index contributed by atoms with van der Waals surface area (Å²) < 4.78 is 19.2. The van der Waals surface area contributed by atoms with Gasteiger partial charge in [0.25, 0.3) is 5.91 Å². The second-order valence-corrected chi connectivity index (χ2v) is 33.2. The quantitative estimate of drug-likeness (QED) is 0.0440. The lowest BCUT2D eigenvalue weighted by atomic mass is 9.95. The molecule has 0 aromatic carbocycles. The van der Waals surface area contributed by atoms with Crippen LogP contribution in [0.25, 0.3) is 33.8 Å². The largest absolute Gasteiger partial charge is 0.478 e. The summed E-state index contributed by atoms with van der Waals surface area (Å²) in [5, 5.41) is 32.9. The van der Waals surface area contributed by atoms with Gasteiger partial charge in [-0.05, 0) is 50.9 Å². The van der Waals surface area contributed by atoms with E-state index in [1.807, 2.05) is 76.0 Å². The number of carbonyl (C=O) groups excluding carboxylic acids is 1. The monoisotopic (exact) mass is 1020 g/mol. The maximum absolute atomic E-state index is 12.8. The fourth-order valence-electron chi connectivity index (χ4n) is 7.80. The van der Waals surface area contributed by atoms with Gasteiger partial charge in [-0.25, -0.2) is 34.1 Å². The number of hydrogen-bond donors (Lipinski definition) is 4. The summed E-state index contributed by atoms with van der Waals surface area (Å²) in [4.78, 5) is 42.4. The molecule has 8 heterocycles. The molecule has 22 heteroatoms. The van der Waals surface area contributed by atoms with Gasteiger partial charge >= 0.3 is 5.97 Å². The lowest BCUT2D eigenvalue weighted by molar-refractivity contribution is 0.0697. The van der Waals surface area contributed by atoms with E-state index in [0.29, 0.717) is 47.0 Å². The number of carboxylic acids is 1. The van der Waals surface area contributed by atoms with E-state index in [1.165, 1.54) is 41.9 Å². The van der Waals surface area contributed by atoms with Crippen LogP contribution in [0.3, 0.4) is 0 Å². The van der Waals surface area contributed by atoms with Crippen molar-refractivity contribution in [2.45, 2.75) is 117 Å². The van der Waals surface area contributed by atoms with Crippen molar-refractivity contribution in [1.29, 1.82) is 0 Å². The van der Waals surface area contributed by atoms with Gasteiger partial charge in [0.1, 0.15) is 13.5 Å². The minimum atomic E-state index is -1.11. The lowest BCUT2D eigenvalue weighted by Crippen LogP contribution is -2.35. The van der Waals surface area contributed by atoms with Gasteiger partial charge in [0.15, 0.2) is 22.9 Å². The molecule has 0 radical (unpaired) electrons. The fraction of sp³-hybridized carbons (Fsp3) is 0.417. The van der Waals surface area contributed by atoms with Gasteiger partial charge in [-0.3, -0.25) is 13.6 Å². The summed E-state index contributed by atoms with van der Waals surface area (Å²) in [6, 6.07) is 6.01. The first-order chi connectivity index (χ1) is 33.4. The van der Waals surface area contributed by atoms with Crippen molar-refractivity contribution < 1.29 is 24.2 Å². The van der Waals surface area contributed by atoms with Crippen molar-refractivity contribution in [3.8, 4) is 22.5 Å². The van der Waals surface area contributed by atoms with Crippen LogP contribution in [0.4, 0.5) is 21.6 Å². The van der Waals surface area contributed by atoms with Crippen molar-refractivity contribution in [2.24, 2.45) is 0 Å². The maximum Gasteiger partial charge on any atom is 0.336 e. The second kappa shape index (κ2) is 21.9. The van der Waals surface area contributed by atoms with Gasteiger partial charge in [-0.2, -0.15) is 10.2 Å². The molecule has 0 spiro atoms. The minimum absolute atomic E-state index is 0.00637. The van der Waals surface area contributed by atoms with E-state index in [0.717, 1.165) is 77.0 Å². The number of carboxylic acid groups (broad SMARTS) is 1. The number of nitrogens with one attached hydrogen (secondary N) is 3. The molecule has 1 saturated carbocycles. The van der Waals surface area contributed by atoms with Gasteiger partial charge in [-0.1, -0.05) is 58.5 Å². The number of thiophene rings is 2. The number of aromatic nitrogens is 10. The molecule has 1 aliphatic carbocycles. The highest BCUT2D eigenvalue weighted by Gasteiger charge is 2.20. The maximum atomic E-state index is 12.8. The van der Waals surface area contributed by atoms with Crippen molar-refractivity contribution in [2.75, 3.05) is 23.8 Å². The number of rotatable bonds is 19. The van der Waals surface area contributed by atoms with Gasteiger partial charge < -0.3 is 30.5 Å². The first kappa shape index (κ1) is 50.3. The Hall–Kier alpha value is -6.05. The molecule has 1 aliphatic rings. The van der Waals surface area contributed by atoms with Crippen LogP contribution < -0.4 is 16.0 Å². The first-order valence-corrected chi connectivity index (χ1v) is 32.8. The lowest BCUT2D eigenvalue weighted by Gasteiger charge is -2.22. The zero-order valence-corrected chi connectivity index (χ0v) is 44.8. The summed E-state index contributed by atoms with van der Waals surface area (Å²) in [7, 11) is -2.23. The zero-order chi connectivity index (χ0) is 49.6. The second-order valence-electron chi connectivity index (χ2n) is 20.1. The molecule has 8 aromatic rings. The average molecular weight is 1020 g/mol. The topological polar surface area (TPSA) is 205 Å². The number of aryl methyl sites for hydroxylation is 2.